The number of guanidine groups is 1. The Morgan fingerprint density at radius 3 is 2.95 bits per heavy atom. The molecule has 0 bridgehead atoms. The normalized spacial score (nSPS) is 18.0. The van der Waals surface area contributed by atoms with Crippen molar-refractivity contribution >= 4 is 35.6 Å². The van der Waals surface area contributed by atoms with Crippen LogP contribution in [-0.4, -0.2) is 21.6 Å². The summed E-state index contributed by atoms with van der Waals surface area (Å²) in [6.07, 6.45) is 5.71. The minimum atomic E-state index is 0. The summed E-state index contributed by atoms with van der Waals surface area (Å²) >= 11 is 0. The second kappa shape index (κ2) is 6.74. The molecule has 3 N–H and O–H groups in total. The van der Waals surface area contributed by atoms with Gasteiger partial charge in [-0.15, -0.1) is 24.0 Å². The number of nitrogens with zero attached hydrogens (tertiary/aromatic N) is 3. The molecule has 20 heavy (non-hydrogen) atoms. The van der Waals surface area contributed by atoms with E-state index in [9.17, 15) is 0 Å². The lowest BCUT2D eigenvalue weighted by molar-refractivity contribution is 0.465. The van der Waals surface area contributed by atoms with Gasteiger partial charge in [0.1, 0.15) is 5.82 Å². The predicted octanol–water partition coefficient (Wildman–Crippen LogP) is 2.24. The molecule has 1 aromatic carbocycles. The van der Waals surface area contributed by atoms with E-state index < -0.39 is 0 Å². The van der Waals surface area contributed by atoms with Crippen LogP contribution < -0.4 is 11.1 Å². The van der Waals surface area contributed by atoms with Crippen molar-refractivity contribution in [2.75, 3.05) is 5.32 Å². The molecule has 1 aliphatic rings. The van der Waals surface area contributed by atoms with E-state index in [1.54, 1.807) is 0 Å². The number of imidazole rings is 1. The third-order valence-corrected chi connectivity index (χ3v) is 3.29. The van der Waals surface area contributed by atoms with Crippen LogP contribution >= 0.6 is 24.0 Å². The van der Waals surface area contributed by atoms with E-state index >= 15 is 0 Å². The highest BCUT2D eigenvalue weighted by atomic mass is 127. The number of para-hydroxylation sites is 1. The van der Waals surface area contributed by atoms with Gasteiger partial charge in [-0.1, -0.05) is 18.2 Å². The molecule has 2 aromatic rings. The molecule has 5 nitrogen and oxygen atoms in total. The van der Waals surface area contributed by atoms with Crippen molar-refractivity contribution in [2.45, 2.75) is 25.4 Å². The quantitative estimate of drug-likeness (QED) is 0.475. The summed E-state index contributed by atoms with van der Waals surface area (Å²) in [5.41, 5.74) is 6.90. The maximum atomic E-state index is 5.94. The summed E-state index contributed by atoms with van der Waals surface area (Å²) in [5.74, 6) is 1.56. The molecule has 0 spiro atoms. The number of halogens is 1. The molecular weight excluding hydrogens is 365 g/mol. The SMILES string of the molecule is I.NC(=NC1CCn2ccnc2C1)Nc1ccccc1. The predicted molar refractivity (Wildman–Crippen MR) is 91.4 cm³/mol. The van der Waals surface area contributed by atoms with Crippen LogP contribution in [0.25, 0.3) is 0 Å². The number of aryl methyl sites for hydroxylation is 1. The van der Waals surface area contributed by atoms with E-state index in [2.05, 4.69) is 19.9 Å². The average Bonchev–Trinajstić information content (AvgIpc) is 2.87. The number of benzene rings is 1. The number of nitrogens with two attached hydrogens (primary N) is 1. The van der Waals surface area contributed by atoms with Crippen LogP contribution in [0, 0.1) is 0 Å². The highest BCUT2D eigenvalue weighted by molar-refractivity contribution is 14.0. The molecule has 0 radical (unpaired) electrons. The minimum Gasteiger partial charge on any atom is -0.370 e. The van der Waals surface area contributed by atoms with Crippen molar-refractivity contribution in [3.63, 3.8) is 0 Å². The van der Waals surface area contributed by atoms with Gasteiger partial charge in [0, 0.05) is 31.0 Å². The van der Waals surface area contributed by atoms with Crippen LogP contribution in [0.15, 0.2) is 47.7 Å². The zero-order chi connectivity index (χ0) is 13.1. The highest BCUT2D eigenvalue weighted by Gasteiger charge is 2.18. The standard InChI is InChI=1S/C14H17N5.HI/c15-14(17-11-4-2-1-3-5-11)18-12-6-8-19-9-7-16-13(19)10-12;/h1-5,7,9,12H,6,8,10H2,(H3,15,17,18);1H. The second-order valence-corrected chi connectivity index (χ2v) is 4.69. The second-order valence-electron chi connectivity index (χ2n) is 4.69. The van der Waals surface area contributed by atoms with Gasteiger partial charge in [0.25, 0.3) is 0 Å². The molecule has 6 heteroatoms. The Labute approximate surface area is 135 Å². The molecule has 1 atom stereocenters. The van der Waals surface area contributed by atoms with Crippen LogP contribution in [0.4, 0.5) is 5.69 Å². The summed E-state index contributed by atoms with van der Waals surface area (Å²) in [7, 11) is 0. The Balaban J connectivity index is 0.00000147. The van der Waals surface area contributed by atoms with Crippen molar-refractivity contribution in [2.24, 2.45) is 10.7 Å². The first kappa shape index (κ1) is 14.8. The molecule has 3 rings (SSSR count). The molecule has 0 aliphatic carbocycles. The van der Waals surface area contributed by atoms with Crippen LogP contribution in [0.2, 0.25) is 0 Å². The molecular formula is C14H18IN5. The molecule has 106 valence electrons. The van der Waals surface area contributed by atoms with Gasteiger partial charge < -0.3 is 15.6 Å². The summed E-state index contributed by atoms with van der Waals surface area (Å²) in [5, 5.41) is 3.11. The number of hydrogen-bond acceptors (Lipinski definition) is 2. The molecule has 1 aliphatic heterocycles. The van der Waals surface area contributed by atoms with E-state index in [1.807, 2.05) is 42.7 Å². The fraction of sp³-hybridized carbons (Fsp3) is 0.286. The van der Waals surface area contributed by atoms with Crippen LogP contribution in [0.1, 0.15) is 12.2 Å². The average molecular weight is 383 g/mol. The molecule has 1 unspecified atom stereocenters. The van der Waals surface area contributed by atoms with E-state index in [1.165, 1.54) is 0 Å². The van der Waals surface area contributed by atoms with Gasteiger partial charge in [0.15, 0.2) is 5.96 Å². The number of rotatable bonds is 2. The first-order valence-electron chi connectivity index (χ1n) is 6.46. The van der Waals surface area contributed by atoms with Crippen molar-refractivity contribution in [3.05, 3.63) is 48.5 Å². The number of hydrogen-bond donors (Lipinski definition) is 2. The summed E-state index contributed by atoms with van der Waals surface area (Å²) < 4.78 is 2.17. The third kappa shape index (κ3) is 3.50. The van der Waals surface area contributed by atoms with Gasteiger partial charge in [-0.25, -0.2) is 9.98 Å². The summed E-state index contributed by atoms with van der Waals surface area (Å²) in [4.78, 5) is 8.87. The van der Waals surface area contributed by atoms with E-state index in [-0.39, 0.29) is 30.0 Å². The van der Waals surface area contributed by atoms with Gasteiger partial charge in [0.05, 0.1) is 6.04 Å². The Hall–Kier alpha value is -1.57. The fourth-order valence-corrected chi connectivity index (χ4v) is 2.34. The van der Waals surface area contributed by atoms with E-state index in [0.29, 0.717) is 5.96 Å². The Morgan fingerprint density at radius 2 is 2.15 bits per heavy atom. The lowest BCUT2D eigenvalue weighted by Crippen LogP contribution is -2.29. The number of anilines is 1. The minimum absolute atomic E-state index is 0. The monoisotopic (exact) mass is 383 g/mol. The fourth-order valence-electron chi connectivity index (χ4n) is 2.34. The zero-order valence-corrected chi connectivity index (χ0v) is 13.4. The smallest absolute Gasteiger partial charge is 0.193 e. The van der Waals surface area contributed by atoms with Gasteiger partial charge >= 0.3 is 0 Å². The zero-order valence-electron chi connectivity index (χ0n) is 11.1. The largest absolute Gasteiger partial charge is 0.370 e. The summed E-state index contributed by atoms with van der Waals surface area (Å²) in [6, 6.07) is 10.1. The first-order chi connectivity index (χ1) is 9.31. The lowest BCUT2D eigenvalue weighted by Gasteiger charge is -2.20. The molecule has 1 aromatic heterocycles. The van der Waals surface area contributed by atoms with Gasteiger partial charge in [-0.3, -0.25) is 0 Å². The van der Waals surface area contributed by atoms with Gasteiger partial charge in [0.2, 0.25) is 0 Å². The Morgan fingerprint density at radius 1 is 1.35 bits per heavy atom. The van der Waals surface area contributed by atoms with Crippen LogP contribution in [0.3, 0.4) is 0 Å². The maximum Gasteiger partial charge on any atom is 0.193 e. The molecule has 0 saturated heterocycles. The van der Waals surface area contributed by atoms with Gasteiger partial charge in [-0.2, -0.15) is 0 Å². The lowest BCUT2D eigenvalue weighted by atomic mass is 10.1. The topological polar surface area (TPSA) is 68.2 Å². The molecule has 0 saturated carbocycles. The van der Waals surface area contributed by atoms with Crippen LogP contribution in [0.5, 0.6) is 0 Å². The molecule has 0 amide bonds. The highest BCUT2D eigenvalue weighted by Crippen LogP contribution is 2.16. The number of fused-ring (bicyclic) bond motifs is 1. The Bertz CT molecular complexity index is 578. The first-order valence-corrected chi connectivity index (χ1v) is 6.46. The van der Waals surface area contributed by atoms with E-state index in [0.717, 1.165) is 30.9 Å². The van der Waals surface area contributed by atoms with Crippen molar-refractivity contribution in [1.29, 1.82) is 0 Å². The Kier molecular flexibility index (Phi) is 4.99. The molecule has 2 heterocycles. The molecule has 0 fully saturated rings. The third-order valence-electron chi connectivity index (χ3n) is 3.29. The van der Waals surface area contributed by atoms with Crippen LogP contribution in [-0.2, 0) is 13.0 Å². The maximum absolute atomic E-state index is 5.94. The summed E-state index contributed by atoms with van der Waals surface area (Å²) in [6.45, 7) is 0.960. The van der Waals surface area contributed by atoms with Crippen molar-refractivity contribution < 1.29 is 0 Å². The van der Waals surface area contributed by atoms with Crippen molar-refractivity contribution in [3.8, 4) is 0 Å². The number of aliphatic imine (C=N–C) groups is 1. The number of nitrogens with one attached hydrogen (secondary N) is 1. The number of aromatic nitrogens is 2. The van der Waals surface area contributed by atoms with E-state index in [4.69, 9.17) is 5.73 Å². The van der Waals surface area contributed by atoms with Crippen molar-refractivity contribution in [1.82, 2.24) is 9.55 Å². The van der Waals surface area contributed by atoms with Gasteiger partial charge in [-0.05, 0) is 18.6 Å².